The Balaban J connectivity index is 1.98. The molecule has 0 aromatic carbocycles. The molecular formula is C13H18ClN5O. The van der Waals surface area contributed by atoms with Gasteiger partial charge in [0.1, 0.15) is 11.3 Å². The van der Waals surface area contributed by atoms with Crippen molar-refractivity contribution in [2.75, 3.05) is 6.54 Å². The first-order valence-corrected chi connectivity index (χ1v) is 6.81. The molecule has 0 aliphatic rings. The molecule has 2 rings (SSSR count). The Morgan fingerprint density at radius 1 is 1.40 bits per heavy atom. The van der Waals surface area contributed by atoms with Gasteiger partial charge in [0.15, 0.2) is 0 Å². The summed E-state index contributed by atoms with van der Waals surface area (Å²) in [6, 6.07) is 2.06. The molecule has 0 fully saturated rings. The van der Waals surface area contributed by atoms with Crippen molar-refractivity contribution in [3.05, 3.63) is 29.2 Å². The summed E-state index contributed by atoms with van der Waals surface area (Å²) in [6.45, 7) is 6.00. The molecule has 2 aromatic rings. The molecule has 0 atom stereocenters. The number of pyridine rings is 1. The zero-order valence-electron chi connectivity index (χ0n) is 11.8. The van der Waals surface area contributed by atoms with Gasteiger partial charge in [-0.15, -0.1) is 5.10 Å². The summed E-state index contributed by atoms with van der Waals surface area (Å²) >= 11 is 6.15. The number of halogens is 1. The van der Waals surface area contributed by atoms with Gasteiger partial charge in [-0.2, -0.15) is 4.98 Å². The highest BCUT2D eigenvalue weighted by Crippen LogP contribution is 2.25. The number of hydrogen-bond acceptors (Lipinski definition) is 5. The molecule has 0 bridgehead atoms. The summed E-state index contributed by atoms with van der Waals surface area (Å²) in [5.74, 6) is 0.918. The topological polar surface area (TPSA) is 64.9 Å². The van der Waals surface area contributed by atoms with E-state index in [4.69, 9.17) is 16.3 Å². The molecule has 0 radical (unpaired) electrons. The second-order valence-electron chi connectivity index (χ2n) is 4.96. The predicted molar refractivity (Wildman–Crippen MR) is 76.9 cm³/mol. The van der Waals surface area contributed by atoms with Crippen LogP contribution in [0.1, 0.15) is 19.4 Å². The van der Waals surface area contributed by atoms with Crippen LogP contribution >= 0.6 is 11.6 Å². The summed E-state index contributed by atoms with van der Waals surface area (Å²) in [4.78, 5) is 8.16. The lowest BCUT2D eigenvalue weighted by molar-refractivity contribution is 0.422. The van der Waals surface area contributed by atoms with E-state index >= 15 is 0 Å². The van der Waals surface area contributed by atoms with Crippen molar-refractivity contribution < 1.29 is 4.74 Å². The Labute approximate surface area is 123 Å². The summed E-state index contributed by atoms with van der Waals surface area (Å²) in [5, 5.41) is 7.79. The molecule has 0 unspecified atom stereocenters. The summed E-state index contributed by atoms with van der Waals surface area (Å²) in [5.41, 5.74) is 1.01. The van der Waals surface area contributed by atoms with Gasteiger partial charge >= 0.3 is 6.01 Å². The number of aryl methyl sites for hydroxylation is 1. The van der Waals surface area contributed by atoms with Gasteiger partial charge in [-0.25, -0.2) is 4.98 Å². The third kappa shape index (κ3) is 4.18. The van der Waals surface area contributed by atoms with Crippen molar-refractivity contribution in [1.29, 1.82) is 0 Å². The van der Waals surface area contributed by atoms with E-state index in [1.807, 2.05) is 6.07 Å². The Kier molecular flexibility index (Phi) is 4.92. The minimum Gasteiger partial charge on any atom is -0.403 e. The van der Waals surface area contributed by atoms with Gasteiger partial charge in [0, 0.05) is 19.8 Å². The molecule has 0 amide bonds. The van der Waals surface area contributed by atoms with E-state index in [2.05, 4.69) is 34.2 Å². The van der Waals surface area contributed by atoms with Crippen molar-refractivity contribution >= 4 is 11.6 Å². The quantitative estimate of drug-likeness (QED) is 0.886. The molecule has 20 heavy (non-hydrogen) atoms. The van der Waals surface area contributed by atoms with Gasteiger partial charge in [0.2, 0.25) is 5.88 Å². The lowest BCUT2D eigenvalue weighted by atomic mass is 10.2. The fourth-order valence-corrected chi connectivity index (χ4v) is 1.82. The monoisotopic (exact) mass is 295 g/mol. The summed E-state index contributed by atoms with van der Waals surface area (Å²) in [6.07, 6.45) is 3.28. The smallest absolute Gasteiger partial charge is 0.342 e. The Hall–Kier alpha value is -1.66. The Bertz CT molecular complexity index is 570. The van der Waals surface area contributed by atoms with Crippen molar-refractivity contribution in [2.24, 2.45) is 13.0 Å². The van der Waals surface area contributed by atoms with Crippen LogP contribution in [0.15, 0.2) is 18.6 Å². The highest BCUT2D eigenvalue weighted by molar-refractivity contribution is 6.31. The number of nitrogens with zero attached hydrogens (tertiary/aromatic N) is 4. The zero-order chi connectivity index (χ0) is 14.5. The fourth-order valence-electron chi connectivity index (χ4n) is 1.59. The van der Waals surface area contributed by atoms with E-state index in [9.17, 15) is 0 Å². The van der Waals surface area contributed by atoms with Crippen LogP contribution in [0.2, 0.25) is 5.02 Å². The normalized spacial score (nSPS) is 11.1. The third-order valence-corrected chi connectivity index (χ3v) is 2.78. The van der Waals surface area contributed by atoms with Crippen molar-refractivity contribution in [3.63, 3.8) is 0 Å². The molecule has 0 spiro atoms. The van der Waals surface area contributed by atoms with Crippen LogP contribution < -0.4 is 10.1 Å². The minimum absolute atomic E-state index is 0.229. The van der Waals surface area contributed by atoms with Crippen LogP contribution in [0.3, 0.4) is 0 Å². The maximum atomic E-state index is 6.15. The predicted octanol–water partition coefficient (Wildman–Crippen LogP) is 2.40. The van der Waals surface area contributed by atoms with Crippen molar-refractivity contribution in [2.45, 2.75) is 20.4 Å². The van der Waals surface area contributed by atoms with Crippen LogP contribution in [0.4, 0.5) is 0 Å². The van der Waals surface area contributed by atoms with E-state index in [1.165, 1.54) is 0 Å². The van der Waals surface area contributed by atoms with Gasteiger partial charge in [-0.3, -0.25) is 4.68 Å². The molecule has 1 N–H and O–H groups in total. The van der Waals surface area contributed by atoms with Gasteiger partial charge in [0.05, 0.1) is 0 Å². The Morgan fingerprint density at radius 2 is 2.20 bits per heavy atom. The van der Waals surface area contributed by atoms with E-state index in [0.717, 1.165) is 18.7 Å². The molecule has 0 aliphatic heterocycles. The highest BCUT2D eigenvalue weighted by Gasteiger charge is 2.09. The molecule has 0 aliphatic carbocycles. The second kappa shape index (κ2) is 6.67. The van der Waals surface area contributed by atoms with Crippen molar-refractivity contribution in [1.82, 2.24) is 25.1 Å². The Morgan fingerprint density at radius 3 is 2.80 bits per heavy atom. The maximum Gasteiger partial charge on any atom is 0.342 e. The highest BCUT2D eigenvalue weighted by atomic mass is 35.5. The first-order valence-electron chi connectivity index (χ1n) is 6.43. The van der Waals surface area contributed by atoms with Gasteiger partial charge in [0.25, 0.3) is 0 Å². The standard InChI is InChI=1S/C13H18ClN5O/c1-9(2)5-15-6-10-4-11(14)12(16-7-10)20-13-17-8-19(3)18-13/h4,7-9,15H,5-6H2,1-3H3. The SMILES string of the molecule is CC(C)CNCc1cnc(Oc2ncn(C)n2)c(Cl)c1. The van der Waals surface area contributed by atoms with Gasteiger partial charge in [-0.05, 0) is 24.1 Å². The largest absolute Gasteiger partial charge is 0.403 e. The molecule has 2 aromatic heterocycles. The number of nitrogens with one attached hydrogen (secondary N) is 1. The van der Waals surface area contributed by atoms with E-state index in [1.54, 1.807) is 24.3 Å². The second-order valence-corrected chi connectivity index (χ2v) is 5.37. The average Bonchev–Trinajstić information content (AvgIpc) is 2.78. The van der Waals surface area contributed by atoms with Crippen LogP contribution in [0.25, 0.3) is 0 Å². The average molecular weight is 296 g/mol. The number of ether oxygens (including phenoxy) is 1. The third-order valence-electron chi connectivity index (χ3n) is 2.51. The zero-order valence-corrected chi connectivity index (χ0v) is 12.6. The maximum absolute atomic E-state index is 6.15. The molecule has 0 saturated heterocycles. The van der Waals surface area contributed by atoms with Crippen LogP contribution in [0.5, 0.6) is 11.9 Å². The molecule has 7 heteroatoms. The van der Waals surface area contributed by atoms with E-state index < -0.39 is 0 Å². The molecule has 0 saturated carbocycles. The van der Waals surface area contributed by atoms with Gasteiger partial charge in [-0.1, -0.05) is 25.4 Å². The molecular weight excluding hydrogens is 278 g/mol. The van der Waals surface area contributed by atoms with E-state index in [0.29, 0.717) is 16.8 Å². The lowest BCUT2D eigenvalue weighted by Crippen LogP contribution is -2.19. The first-order chi connectivity index (χ1) is 9.54. The van der Waals surface area contributed by atoms with Crippen LogP contribution in [0, 0.1) is 5.92 Å². The summed E-state index contributed by atoms with van der Waals surface area (Å²) < 4.78 is 6.97. The number of hydrogen-bond donors (Lipinski definition) is 1. The van der Waals surface area contributed by atoms with Gasteiger partial charge < -0.3 is 10.1 Å². The molecule has 6 nitrogen and oxygen atoms in total. The van der Waals surface area contributed by atoms with Crippen LogP contribution in [-0.4, -0.2) is 26.3 Å². The molecule has 108 valence electrons. The van der Waals surface area contributed by atoms with Crippen molar-refractivity contribution in [3.8, 4) is 11.9 Å². The first kappa shape index (κ1) is 14.7. The number of aromatic nitrogens is 4. The molecule has 2 heterocycles. The van der Waals surface area contributed by atoms with Crippen LogP contribution in [-0.2, 0) is 13.6 Å². The minimum atomic E-state index is 0.229. The summed E-state index contributed by atoms with van der Waals surface area (Å²) in [7, 11) is 1.76. The van der Waals surface area contributed by atoms with E-state index in [-0.39, 0.29) is 6.01 Å². The lowest BCUT2D eigenvalue weighted by Gasteiger charge is -2.08. The number of rotatable bonds is 6. The fraction of sp³-hybridized carbons (Fsp3) is 0.462.